The molecule has 2 aromatic heterocycles. The molecule has 0 saturated carbocycles. The molecule has 2 aromatic carbocycles. The van der Waals surface area contributed by atoms with Crippen LogP contribution in [0.1, 0.15) is 40.1 Å². The molecular weight excluding hydrogens is 491 g/mol. The van der Waals surface area contributed by atoms with Gasteiger partial charge in [-0.3, -0.25) is 4.79 Å². The number of carbonyl (C=O) groups is 1. The van der Waals surface area contributed by atoms with Gasteiger partial charge in [-0.25, -0.2) is 14.6 Å². The molecule has 7 nitrogen and oxygen atoms in total. The summed E-state index contributed by atoms with van der Waals surface area (Å²) in [5.74, 6) is 0.00953. The van der Waals surface area contributed by atoms with E-state index < -0.39 is 0 Å². The van der Waals surface area contributed by atoms with Gasteiger partial charge < -0.3 is 5.32 Å². The molecule has 0 unspecified atom stereocenters. The van der Waals surface area contributed by atoms with Crippen molar-refractivity contribution in [3.63, 3.8) is 0 Å². The maximum absolute atomic E-state index is 13.3. The van der Waals surface area contributed by atoms with Crippen molar-refractivity contribution < 1.29 is 4.79 Å². The van der Waals surface area contributed by atoms with Crippen LogP contribution >= 0.6 is 35.0 Å². The molecule has 0 fully saturated rings. The molecule has 4 aromatic rings. The van der Waals surface area contributed by atoms with Gasteiger partial charge >= 0.3 is 0 Å². The zero-order chi connectivity index (χ0) is 24.2. The third-order valence-electron chi connectivity index (χ3n) is 5.02. The van der Waals surface area contributed by atoms with Crippen LogP contribution in [-0.2, 0) is 12.2 Å². The van der Waals surface area contributed by atoms with Gasteiger partial charge in [0.1, 0.15) is 0 Å². The molecule has 10 heteroatoms. The molecule has 0 saturated heterocycles. The summed E-state index contributed by atoms with van der Waals surface area (Å²) in [6, 6.07) is 14.7. The molecule has 1 N–H and O–H groups in total. The number of hydrogen-bond acceptors (Lipinski definition) is 6. The molecule has 0 aliphatic heterocycles. The molecule has 0 aliphatic rings. The second-order valence-electron chi connectivity index (χ2n) is 7.61. The number of aromatic nitrogens is 5. The lowest BCUT2D eigenvalue weighted by atomic mass is 10.1. The van der Waals surface area contributed by atoms with E-state index in [1.54, 1.807) is 22.9 Å². The first-order valence-corrected chi connectivity index (χ1v) is 12.3. The minimum Gasteiger partial charge on any atom is -0.320 e. The number of anilines is 1. The monoisotopic (exact) mass is 512 g/mol. The molecule has 174 valence electrons. The van der Waals surface area contributed by atoms with Gasteiger partial charge in [-0.05, 0) is 56.2 Å². The number of halogens is 2. The van der Waals surface area contributed by atoms with E-state index in [0.29, 0.717) is 32.3 Å². The number of benzene rings is 2. The Hall–Kier alpha value is -2.94. The van der Waals surface area contributed by atoms with Crippen LogP contribution in [0.5, 0.6) is 0 Å². The first-order valence-electron chi connectivity index (χ1n) is 10.6. The highest BCUT2D eigenvalue weighted by Crippen LogP contribution is 2.27. The number of aryl methyl sites for hydroxylation is 3. The lowest BCUT2D eigenvalue weighted by Crippen LogP contribution is -2.16. The summed E-state index contributed by atoms with van der Waals surface area (Å²) in [6.07, 6.45) is 0.789. The van der Waals surface area contributed by atoms with E-state index in [2.05, 4.69) is 25.6 Å². The Kier molecular flexibility index (Phi) is 7.50. The van der Waals surface area contributed by atoms with Crippen molar-refractivity contribution in [1.82, 2.24) is 25.0 Å². The van der Waals surface area contributed by atoms with Gasteiger partial charge in [-0.1, -0.05) is 65.3 Å². The SMILES string of the molecule is CCc1ccccc1NC(=O)c1nnn(-c2cc(Cl)cc(Cl)c2)c1CSc1nc(C)cc(C)n1. The Morgan fingerprint density at radius 2 is 1.71 bits per heavy atom. The molecule has 1 amide bonds. The Morgan fingerprint density at radius 1 is 1.03 bits per heavy atom. The standard InChI is InChI=1S/C24H22Cl2N6OS/c1-4-16-7-5-6-8-20(16)29-23(33)22-21(13-34-24-27-14(2)9-15(3)28-24)32(31-30-22)19-11-17(25)10-18(26)12-19/h5-12H,4,13H2,1-3H3,(H,29,33). The highest BCUT2D eigenvalue weighted by molar-refractivity contribution is 7.98. The van der Waals surface area contributed by atoms with Gasteiger partial charge in [-0.15, -0.1) is 5.10 Å². The average molecular weight is 513 g/mol. The number of carbonyl (C=O) groups excluding carboxylic acids is 1. The minimum absolute atomic E-state index is 0.207. The van der Waals surface area contributed by atoms with Crippen LogP contribution in [0.4, 0.5) is 5.69 Å². The minimum atomic E-state index is -0.350. The fourth-order valence-electron chi connectivity index (χ4n) is 3.50. The van der Waals surface area contributed by atoms with E-state index in [-0.39, 0.29) is 11.6 Å². The van der Waals surface area contributed by atoms with Gasteiger partial charge in [-0.2, -0.15) is 0 Å². The van der Waals surface area contributed by atoms with E-state index in [1.807, 2.05) is 51.1 Å². The van der Waals surface area contributed by atoms with E-state index in [1.165, 1.54) is 11.8 Å². The van der Waals surface area contributed by atoms with E-state index in [4.69, 9.17) is 23.2 Å². The third-order valence-corrected chi connectivity index (χ3v) is 6.31. The molecule has 0 aliphatic carbocycles. The van der Waals surface area contributed by atoms with Crippen molar-refractivity contribution in [2.75, 3.05) is 5.32 Å². The summed E-state index contributed by atoms with van der Waals surface area (Å²) in [4.78, 5) is 22.3. The van der Waals surface area contributed by atoms with Crippen LogP contribution in [0.3, 0.4) is 0 Å². The van der Waals surface area contributed by atoms with Crippen LogP contribution in [-0.4, -0.2) is 30.9 Å². The number of nitrogens with zero attached hydrogens (tertiary/aromatic N) is 5. The van der Waals surface area contributed by atoms with Crippen LogP contribution < -0.4 is 5.32 Å². The van der Waals surface area contributed by atoms with E-state index in [9.17, 15) is 4.79 Å². The van der Waals surface area contributed by atoms with Gasteiger partial charge in [0.25, 0.3) is 5.91 Å². The summed E-state index contributed by atoms with van der Waals surface area (Å²) in [7, 11) is 0. The smallest absolute Gasteiger partial charge is 0.278 e. The van der Waals surface area contributed by atoms with Crippen molar-refractivity contribution in [2.45, 2.75) is 38.1 Å². The number of thioether (sulfide) groups is 1. The van der Waals surface area contributed by atoms with Crippen molar-refractivity contribution in [3.8, 4) is 5.69 Å². The third kappa shape index (κ3) is 5.58. The maximum atomic E-state index is 13.3. The van der Waals surface area contributed by atoms with Crippen molar-refractivity contribution in [3.05, 3.63) is 86.9 Å². The van der Waals surface area contributed by atoms with Gasteiger partial charge in [0, 0.05) is 32.9 Å². The van der Waals surface area contributed by atoms with Crippen LogP contribution in [0.2, 0.25) is 10.0 Å². The molecular formula is C24H22Cl2N6OS. The second-order valence-corrected chi connectivity index (χ2v) is 9.43. The van der Waals surface area contributed by atoms with Crippen LogP contribution in [0.25, 0.3) is 5.69 Å². The Labute approximate surface area is 211 Å². The zero-order valence-corrected chi connectivity index (χ0v) is 21.2. The predicted molar refractivity (Wildman–Crippen MR) is 136 cm³/mol. The fourth-order valence-corrected chi connectivity index (χ4v) is 4.96. The number of nitrogens with one attached hydrogen (secondary N) is 1. The maximum Gasteiger partial charge on any atom is 0.278 e. The highest BCUT2D eigenvalue weighted by atomic mass is 35.5. The van der Waals surface area contributed by atoms with Crippen molar-refractivity contribution in [2.24, 2.45) is 0 Å². The number of hydrogen-bond donors (Lipinski definition) is 1. The summed E-state index contributed by atoms with van der Waals surface area (Å²) >= 11 is 13.8. The predicted octanol–water partition coefficient (Wildman–Crippen LogP) is 6.09. The van der Waals surface area contributed by atoms with Crippen molar-refractivity contribution in [1.29, 1.82) is 0 Å². The number of para-hydroxylation sites is 1. The molecule has 2 heterocycles. The van der Waals surface area contributed by atoms with Crippen LogP contribution in [0.15, 0.2) is 53.7 Å². The fraction of sp³-hybridized carbons (Fsp3) is 0.208. The molecule has 0 spiro atoms. The number of rotatable bonds is 7. The lowest BCUT2D eigenvalue weighted by Gasteiger charge is -2.11. The first-order chi connectivity index (χ1) is 16.3. The molecule has 0 atom stereocenters. The van der Waals surface area contributed by atoms with Gasteiger partial charge in [0.15, 0.2) is 10.9 Å². The molecule has 0 bridgehead atoms. The normalized spacial score (nSPS) is 11.0. The molecule has 4 rings (SSSR count). The Balaban J connectivity index is 1.72. The van der Waals surface area contributed by atoms with E-state index in [0.717, 1.165) is 29.1 Å². The molecule has 0 radical (unpaired) electrons. The number of amides is 1. The topological polar surface area (TPSA) is 85.6 Å². The first kappa shape index (κ1) is 24.2. The van der Waals surface area contributed by atoms with Gasteiger partial charge in [0.2, 0.25) is 0 Å². The summed E-state index contributed by atoms with van der Waals surface area (Å²) in [5, 5.41) is 13.0. The van der Waals surface area contributed by atoms with E-state index >= 15 is 0 Å². The largest absolute Gasteiger partial charge is 0.320 e. The average Bonchev–Trinajstić information content (AvgIpc) is 3.21. The summed E-state index contributed by atoms with van der Waals surface area (Å²) in [5.41, 5.74) is 4.91. The van der Waals surface area contributed by atoms with Gasteiger partial charge in [0.05, 0.1) is 11.4 Å². The summed E-state index contributed by atoms with van der Waals surface area (Å²) in [6.45, 7) is 5.88. The molecule has 34 heavy (non-hydrogen) atoms. The Morgan fingerprint density at radius 3 is 2.38 bits per heavy atom. The highest BCUT2D eigenvalue weighted by Gasteiger charge is 2.22. The Bertz CT molecular complexity index is 1320. The second kappa shape index (κ2) is 10.5. The zero-order valence-electron chi connectivity index (χ0n) is 18.8. The lowest BCUT2D eigenvalue weighted by molar-refractivity contribution is 0.102. The quantitative estimate of drug-likeness (QED) is 0.238. The van der Waals surface area contributed by atoms with Crippen molar-refractivity contribution >= 4 is 46.6 Å². The van der Waals surface area contributed by atoms with Crippen LogP contribution in [0, 0.1) is 13.8 Å². The summed E-state index contributed by atoms with van der Waals surface area (Å²) < 4.78 is 1.58.